The summed E-state index contributed by atoms with van der Waals surface area (Å²) in [5.41, 5.74) is 1.58. The van der Waals surface area contributed by atoms with Crippen LogP contribution in [0.1, 0.15) is 76.7 Å². The number of pyridine rings is 1. The van der Waals surface area contributed by atoms with Gasteiger partial charge in [-0.05, 0) is 43.7 Å². The Bertz CT molecular complexity index is 1090. The second-order valence-corrected chi connectivity index (χ2v) is 11.6. The van der Waals surface area contributed by atoms with Crippen LogP contribution in [-0.4, -0.2) is 68.5 Å². The number of hydrogen-bond donors (Lipinski definition) is 2. The highest BCUT2D eigenvalue weighted by atomic mass is 16.3. The summed E-state index contributed by atoms with van der Waals surface area (Å²) < 4.78 is 0. The third kappa shape index (κ3) is 5.64. The minimum absolute atomic E-state index is 0.00815. The van der Waals surface area contributed by atoms with Crippen LogP contribution in [0, 0.1) is 0 Å². The van der Waals surface area contributed by atoms with Gasteiger partial charge in [0.2, 0.25) is 11.8 Å². The van der Waals surface area contributed by atoms with Gasteiger partial charge in [-0.3, -0.25) is 19.5 Å². The highest BCUT2D eigenvalue weighted by Gasteiger charge is 2.54. The van der Waals surface area contributed by atoms with E-state index < -0.39 is 17.2 Å². The lowest BCUT2D eigenvalue weighted by molar-refractivity contribution is -0.163. The first-order chi connectivity index (χ1) is 18.4. The average molecular weight is 519 g/mol. The Morgan fingerprint density at radius 1 is 1.00 bits per heavy atom. The Balaban J connectivity index is 1.24. The summed E-state index contributed by atoms with van der Waals surface area (Å²) in [5.74, 6) is -0.0441. The maximum Gasteiger partial charge on any atom is 0.246 e. The summed E-state index contributed by atoms with van der Waals surface area (Å²) in [6, 6.07) is 13.7. The van der Waals surface area contributed by atoms with Gasteiger partial charge in [-0.2, -0.15) is 0 Å². The van der Waals surface area contributed by atoms with Gasteiger partial charge in [-0.15, -0.1) is 0 Å². The summed E-state index contributed by atoms with van der Waals surface area (Å²) in [7, 11) is 0. The summed E-state index contributed by atoms with van der Waals surface area (Å²) in [4.78, 5) is 36.3. The van der Waals surface area contributed by atoms with Crippen molar-refractivity contribution in [2.45, 2.75) is 94.9 Å². The van der Waals surface area contributed by atoms with Gasteiger partial charge in [0.1, 0.15) is 11.6 Å². The number of carbonyl (C=O) groups is 2. The van der Waals surface area contributed by atoms with Gasteiger partial charge in [0, 0.05) is 44.4 Å². The van der Waals surface area contributed by atoms with Gasteiger partial charge in [-0.25, -0.2) is 0 Å². The summed E-state index contributed by atoms with van der Waals surface area (Å²) in [6.07, 6.45) is 9.88. The monoisotopic (exact) mass is 518 g/mol. The van der Waals surface area contributed by atoms with Crippen LogP contribution in [-0.2, 0) is 16.1 Å². The lowest BCUT2D eigenvalue weighted by atomic mass is 9.77. The Morgan fingerprint density at radius 3 is 2.39 bits per heavy atom. The number of amides is 2. The fourth-order valence-electron chi connectivity index (χ4n) is 6.58. The summed E-state index contributed by atoms with van der Waals surface area (Å²) in [6.45, 7) is 4.99. The molecule has 1 aromatic carbocycles. The Labute approximate surface area is 226 Å². The molecule has 1 aromatic heterocycles. The molecule has 7 nitrogen and oxygen atoms in total. The number of piperazine rings is 1. The molecule has 5 rings (SSSR count). The molecule has 3 heterocycles. The third-order valence-electron chi connectivity index (χ3n) is 8.90. The van der Waals surface area contributed by atoms with Crippen LogP contribution in [0.5, 0.6) is 0 Å². The number of nitrogens with one attached hydrogen (secondary N) is 1. The first kappa shape index (κ1) is 26.8. The summed E-state index contributed by atoms with van der Waals surface area (Å²) >= 11 is 0. The van der Waals surface area contributed by atoms with Gasteiger partial charge in [0.15, 0.2) is 0 Å². The number of piperidine rings is 1. The molecule has 0 bridgehead atoms. The van der Waals surface area contributed by atoms with Gasteiger partial charge < -0.3 is 15.3 Å². The first-order valence-corrected chi connectivity index (χ1v) is 14.5. The molecule has 1 atom stereocenters. The van der Waals surface area contributed by atoms with Crippen LogP contribution in [0.4, 0.5) is 0 Å². The molecule has 2 amide bonds. The van der Waals surface area contributed by atoms with E-state index in [1.54, 1.807) is 0 Å². The molecule has 3 aliphatic rings. The zero-order valence-electron chi connectivity index (χ0n) is 22.7. The average Bonchev–Trinajstić information content (AvgIpc) is 2.94. The minimum atomic E-state index is -0.847. The van der Waals surface area contributed by atoms with Crippen molar-refractivity contribution in [3.05, 3.63) is 54.2 Å². The number of unbranched alkanes of at least 4 members (excludes halogenated alkanes) is 1. The molecular formula is C31H42N4O3. The van der Waals surface area contributed by atoms with E-state index in [0.29, 0.717) is 38.6 Å². The number of aromatic nitrogens is 1. The maximum absolute atomic E-state index is 13.8. The van der Waals surface area contributed by atoms with Crippen molar-refractivity contribution in [2.75, 3.05) is 19.6 Å². The van der Waals surface area contributed by atoms with Crippen molar-refractivity contribution in [3.8, 4) is 11.3 Å². The number of likely N-dealkylation sites (tertiary alicyclic amines) is 1. The molecule has 7 heteroatoms. The SMILES string of the molecule is CCCCN1C(=O)[C@@H](CC2(O)CCCCC2)NC(=O)C12CCN(Cc1ccc(-c3ccccc3)nc1)CC2. The number of aliphatic hydroxyl groups is 1. The van der Waals surface area contributed by atoms with Crippen LogP contribution in [0.15, 0.2) is 48.7 Å². The second-order valence-electron chi connectivity index (χ2n) is 11.6. The predicted molar refractivity (Wildman–Crippen MR) is 148 cm³/mol. The van der Waals surface area contributed by atoms with Crippen molar-refractivity contribution in [1.29, 1.82) is 0 Å². The minimum Gasteiger partial charge on any atom is -0.390 e. The van der Waals surface area contributed by atoms with Gasteiger partial charge >= 0.3 is 0 Å². The normalized spacial score (nSPS) is 23.4. The van der Waals surface area contributed by atoms with Crippen LogP contribution in [0.2, 0.25) is 0 Å². The number of carbonyl (C=O) groups excluding carboxylic acids is 2. The summed E-state index contributed by atoms with van der Waals surface area (Å²) in [5, 5.41) is 14.2. The lowest BCUT2D eigenvalue weighted by Gasteiger charge is -2.52. The first-order valence-electron chi connectivity index (χ1n) is 14.5. The molecule has 2 saturated heterocycles. The third-order valence-corrected chi connectivity index (χ3v) is 8.90. The smallest absolute Gasteiger partial charge is 0.246 e. The number of rotatable bonds is 8. The van der Waals surface area contributed by atoms with Crippen molar-refractivity contribution in [2.24, 2.45) is 0 Å². The van der Waals surface area contributed by atoms with Gasteiger partial charge in [-0.1, -0.05) is 69.0 Å². The van der Waals surface area contributed by atoms with E-state index in [-0.39, 0.29) is 11.8 Å². The fraction of sp³-hybridized carbons (Fsp3) is 0.581. The second kappa shape index (κ2) is 11.5. The molecule has 1 aliphatic carbocycles. The van der Waals surface area contributed by atoms with Crippen LogP contribution in [0.25, 0.3) is 11.3 Å². The van der Waals surface area contributed by atoms with E-state index in [4.69, 9.17) is 0 Å². The van der Waals surface area contributed by atoms with Crippen LogP contribution < -0.4 is 5.32 Å². The standard InChI is InChI=1S/C31H42N4O3/c1-2-3-18-35-28(36)27(21-30(38)14-8-5-9-15-30)33-29(37)31(35)16-19-34(20-17-31)23-24-12-13-26(32-22-24)25-10-6-4-7-11-25/h4,6-7,10-13,22,27,38H,2-3,5,8-9,14-21,23H2,1H3,(H,33,37)/t27-/m1/s1. The van der Waals surface area contributed by atoms with Crippen molar-refractivity contribution in [1.82, 2.24) is 20.1 Å². The molecule has 0 radical (unpaired) electrons. The quantitative estimate of drug-likeness (QED) is 0.544. The van der Waals surface area contributed by atoms with Crippen LogP contribution in [0.3, 0.4) is 0 Å². The maximum atomic E-state index is 13.8. The number of hydrogen-bond acceptors (Lipinski definition) is 5. The molecule has 1 saturated carbocycles. The molecule has 2 aliphatic heterocycles. The zero-order chi connectivity index (χ0) is 26.6. The van der Waals surface area contributed by atoms with Crippen molar-refractivity contribution < 1.29 is 14.7 Å². The molecule has 0 unspecified atom stereocenters. The van der Waals surface area contributed by atoms with E-state index in [9.17, 15) is 14.7 Å². The lowest BCUT2D eigenvalue weighted by Crippen LogP contribution is -2.73. The highest BCUT2D eigenvalue weighted by Crippen LogP contribution is 2.37. The van der Waals surface area contributed by atoms with E-state index >= 15 is 0 Å². The molecule has 2 aromatic rings. The molecular weight excluding hydrogens is 476 g/mol. The van der Waals surface area contributed by atoms with E-state index in [0.717, 1.165) is 68.6 Å². The number of benzene rings is 1. The fourth-order valence-corrected chi connectivity index (χ4v) is 6.58. The zero-order valence-corrected chi connectivity index (χ0v) is 22.7. The van der Waals surface area contributed by atoms with Gasteiger partial charge in [0.25, 0.3) is 0 Å². The Kier molecular flexibility index (Phi) is 8.15. The van der Waals surface area contributed by atoms with Crippen molar-refractivity contribution in [3.63, 3.8) is 0 Å². The number of nitrogens with zero attached hydrogens (tertiary/aromatic N) is 3. The Hall–Kier alpha value is -2.77. The Morgan fingerprint density at radius 2 is 1.74 bits per heavy atom. The van der Waals surface area contributed by atoms with Gasteiger partial charge in [0.05, 0.1) is 11.3 Å². The van der Waals surface area contributed by atoms with E-state index in [1.165, 1.54) is 0 Å². The molecule has 1 spiro atoms. The predicted octanol–water partition coefficient (Wildman–Crippen LogP) is 4.30. The molecule has 2 N–H and O–H groups in total. The molecule has 3 fully saturated rings. The largest absolute Gasteiger partial charge is 0.390 e. The van der Waals surface area contributed by atoms with Crippen molar-refractivity contribution >= 4 is 11.8 Å². The molecule has 204 valence electrons. The van der Waals surface area contributed by atoms with Crippen LogP contribution >= 0.6 is 0 Å². The molecule has 38 heavy (non-hydrogen) atoms. The van der Waals surface area contributed by atoms with E-state index in [2.05, 4.69) is 46.4 Å². The highest BCUT2D eigenvalue weighted by molar-refractivity contribution is 6.00. The van der Waals surface area contributed by atoms with E-state index in [1.807, 2.05) is 29.3 Å². The topological polar surface area (TPSA) is 85.8 Å².